The number of rotatable bonds is 3. The molecular formula is C15H17FN2O. The first-order valence-corrected chi connectivity index (χ1v) is 6.68. The minimum atomic E-state index is -1.03. The fraction of sp³-hybridized carbons (Fsp3) is 0.400. The Labute approximate surface area is 111 Å². The third-order valence-electron chi connectivity index (χ3n) is 3.84. The topological polar surface area (TPSA) is 38.0 Å². The van der Waals surface area contributed by atoms with E-state index in [0.717, 1.165) is 29.8 Å². The molecule has 3 rings (SSSR count). The Morgan fingerprint density at radius 1 is 1.42 bits per heavy atom. The van der Waals surface area contributed by atoms with Crippen molar-refractivity contribution in [3.05, 3.63) is 53.1 Å². The van der Waals surface area contributed by atoms with Crippen LogP contribution in [0.2, 0.25) is 0 Å². The maximum Gasteiger partial charge on any atom is 0.132 e. The maximum atomic E-state index is 13.3. The summed E-state index contributed by atoms with van der Waals surface area (Å²) in [7, 11) is 0. The highest BCUT2D eigenvalue weighted by Crippen LogP contribution is 2.42. The van der Waals surface area contributed by atoms with Gasteiger partial charge in [0.1, 0.15) is 11.4 Å². The minimum Gasteiger partial charge on any atom is -0.379 e. The van der Waals surface area contributed by atoms with Gasteiger partial charge in [-0.2, -0.15) is 5.10 Å². The highest BCUT2D eigenvalue weighted by Gasteiger charge is 2.40. The molecule has 0 aliphatic heterocycles. The SMILES string of the molecule is CCCn1nccc1C1(O)CCc2cc(F)ccc21. The minimum absolute atomic E-state index is 0.245. The molecule has 0 fully saturated rings. The molecule has 1 aliphatic rings. The molecule has 100 valence electrons. The molecule has 0 amide bonds. The van der Waals surface area contributed by atoms with Crippen molar-refractivity contribution < 1.29 is 9.50 Å². The molecule has 1 aromatic heterocycles. The van der Waals surface area contributed by atoms with Gasteiger partial charge >= 0.3 is 0 Å². The number of fused-ring (bicyclic) bond motifs is 1. The van der Waals surface area contributed by atoms with Crippen LogP contribution in [0, 0.1) is 5.82 Å². The van der Waals surface area contributed by atoms with E-state index in [1.165, 1.54) is 12.1 Å². The summed E-state index contributed by atoms with van der Waals surface area (Å²) in [6.45, 7) is 2.86. The van der Waals surface area contributed by atoms with Gasteiger partial charge in [0.25, 0.3) is 0 Å². The van der Waals surface area contributed by atoms with Gasteiger partial charge in [0.15, 0.2) is 0 Å². The smallest absolute Gasteiger partial charge is 0.132 e. The lowest BCUT2D eigenvalue weighted by atomic mass is 9.92. The van der Waals surface area contributed by atoms with Crippen molar-refractivity contribution in [1.29, 1.82) is 0 Å². The van der Waals surface area contributed by atoms with E-state index in [-0.39, 0.29) is 5.82 Å². The van der Waals surface area contributed by atoms with E-state index in [1.54, 1.807) is 12.3 Å². The lowest BCUT2D eigenvalue weighted by Gasteiger charge is -2.25. The molecule has 1 N–H and O–H groups in total. The van der Waals surface area contributed by atoms with Gasteiger partial charge in [0.05, 0.1) is 5.69 Å². The van der Waals surface area contributed by atoms with Crippen molar-refractivity contribution in [2.75, 3.05) is 0 Å². The second kappa shape index (κ2) is 4.46. The standard InChI is InChI=1S/C15H17FN2O/c1-2-9-18-14(6-8-17-18)15(19)7-5-11-10-12(16)3-4-13(11)15/h3-4,6,8,10,19H,2,5,7,9H2,1H3. The van der Waals surface area contributed by atoms with Gasteiger partial charge in [-0.25, -0.2) is 4.39 Å². The van der Waals surface area contributed by atoms with Gasteiger partial charge in [-0.3, -0.25) is 4.68 Å². The monoisotopic (exact) mass is 260 g/mol. The van der Waals surface area contributed by atoms with Crippen LogP contribution in [0.4, 0.5) is 4.39 Å². The molecule has 0 spiro atoms. The van der Waals surface area contributed by atoms with Gasteiger partial charge in [-0.1, -0.05) is 13.0 Å². The quantitative estimate of drug-likeness (QED) is 0.921. The molecule has 4 heteroatoms. The summed E-state index contributed by atoms with van der Waals surface area (Å²) in [5.74, 6) is -0.245. The van der Waals surface area contributed by atoms with E-state index in [1.807, 2.05) is 10.7 Å². The highest BCUT2D eigenvalue weighted by molar-refractivity contribution is 5.43. The number of hydrogen-bond donors (Lipinski definition) is 1. The van der Waals surface area contributed by atoms with Crippen LogP contribution in [0.5, 0.6) is 0 Å². The second-order valence-corrected chi connectivity index (χ2v) is 5.10. The van der Waals surface area contributed by atoms with Crippen molar-refractivity contribution in [2.45, 2.75) is 38.3 Å². The van der Waals surface area contributed by atoms with Crippen LogP contribution in [-0.2, 0) is 18.6 Å². The maximum absolute atomic E-state index is 13.3. The molecule has 0 radical (unpaired) electrons. The molecule has 1 atom stereocenters. The van der Waals surface area contributed by atoms with Gasteiger partial charge in [0.2, 0.25) is 0 Å². The molecule has 3 nitrogen and oxygen atoms in total. The average molecular weight is 260 g/mol. The van der Waals surface area contributed by atoms with Crippen molar-refractivity contribution in [3.63, 3.8) is 0 Å². The van der Waals surface area contributed by atoms with Crippen molar-refractivity contribution in [3.8, 4) is 0 Å². The Kier molecular flexibility index (Phi) is 2.90. The lowest BCUT2D eigenvalue weighted by Crippen LogP contribution is -2.28. The fourth-order valence-electron chi connectivity index (χ4n) is 2.96. The van der Waals surface area contributed by atoms with E-state index in [9.17, 15) is 9.50 Å². The number of aliphatic hydroxyl groups is 1. The zero-order valence-electron chi connectivity index (χ0n) is 10.9. The summed E-state index contributed by atoms with van der Waals surface area (Å²) in [6, 6.07) is 6.48. The normalized spacial score (nSPS) is 21.6. The van der Waals surface area contributed by atoms with E-state index < -0.39 is 5.60 Å². The summed E-state index contributed by atoms with van der Waals surface area (Å²) in [5.41, 5.74) is 1.48. The number of benzene rings is 1. The van der Waals surface area contributed by atoms with Crippen LogP contribution in [0.3, 0.4) is 0 Å². The van der Waals surface area contributed by atoms with E-state index in [2.05, 4.69) is 12.0 Å². The molecule has 1 heterocycles. The van der Waals surface area contributed by atoms with Crippen LogP contribution in [0.15, 0.2) is 30.5 Å². The van der Waals surface area contributed by atoms with E-state index >= 15 is 0 Å². The summed E-state index contributed by atoms with van der Waals surface area (Å²) < 4.78 is 15.1. The summed E-state index contributed by atoms with van der Waals surface area (Å²) in [4.78, 5) is 0. The van der Waals surface area contributed by atoms with Crippen molar-refractivity contribution in [1.82, 2.24) is 9.78 Å². The Balaban J connectivity index is 2.08. The summed E-state index contributed by atoms with van der Waals surface area (Å²) in [6.07, 6.45) is 3.95. The van der Waals surface area contributed by atoms with Crippen LogP contribution >= 0.6 is 0 Å². The molecule has 0 bridgehead atoms. The number of aryl methyl sites for hydroxylation is 2. The molecule has 2 aromatic rings. The summed E-state index contributed by atoms with van der Waals surface area (Å²) >= 11 is 0. The largest absolute Gasteiger partial charge is 0.379 e. The number of nitrogens with zero attached hydrogens (tertiary/aromatic N) is 2. The third kappa shape index (κ3) is 1.87. The number of halogens is 1. The average Bonchev–Trinajstić information content (AvgIpc) is 2.96. The predicted octanol–water partition coefficient (Wildman–Crippen LogP) is 2.61. The van der Waals surface area contributed by atoms with Gasteiger partial charge in [0, 0.05) is 12.7 Å². The predicted molar refractivity (Wildman–Crippen MR) is 70.2 cm³/mol. The van der Waals surface area contributed by atoms with Crippen molar-refractivity contribution >= 4 is 0 Å². The third-order valence-corrected chi connectivity index (χ3v) is 3.84. The molecule has 1 aromatic carbocycles. The van der Waals surface area contributed by atoms with Crippen LogP contribution in [0.25, 0.3) is 0 Å². The van der Waals surface area contributed by atoms with Gasteiger partial charge in [-0.15, -0.1) is 0 Å². The first kappa shape index (κ1) is 12.4. The fourth-order valence-corrected chi connectivity index (χ4v) is 2.96. The Morgan fingerprint density at radius 3 is 3.05 bits per heavy atom. The van der Waals surface area contributed by atoms with Gasteiger partial charge < -0.3 is 5.11 Å². The van der Waals surface area contributed by atoms with Crippen LogP contribution in [-0.4, -0.2) is 14.9 Å². The molecular weight excluding hydrogens is 243 g/mol. The Morgan fingerprint density at radius 2 is 2.26 bits per heavy atom. The number of hydrogen-bond acceptors (Lipinski definition) is 2. The van der Waals surface area contributed by atoms with Crippen LogP contribution < -0.4 is 0 Å². The first-order chi connectivity index (χ1) is 9.15. The summed E-state index contributed by atoms with van der Waals surface area (Å²) in [5, 5.41) is 15.3. The van der Waals surface area contributed by atoms with E-state index in [0.29, 0.717) is 12.8 Å². The van der Waals surface area contributed by atoms with Crippen molar-refractivity contribution in [2.24, 2.45) is 0 Å². The Bertz CT molecular complexity index is 608. The molecule has 19 heavy (non-hydrogen) atoms. The van der Waals surface area contributed by atoms with Crippen LogP contribution in [0.1, 0.15) is 36.6 Å². The Hall–Kier alpha value is -1.68. The molecule has 1 aliphatic carbocycles. The highest BCUT2D eigenvalue weighted by atomic mass is 19.1. The van der Waals surface area contributed by atoms with Gasteiger partial charge in [-0.05, 0) is 48.6 Å². The zero-order valence-corrected chi connectivity index (χ0v) is 10.9. The lowest BCUT2D eigenvalue weighted by molar-refractivity contribution is 0.0726. The second-order valence-electron chi connectivity index (χ2n) is 5.10. The molecule has 0 saturated carbocycles. The first-order valence-electron chi connectivity index (χ1n) is 6.68. The zero-order chi connectivity index (χ0) is 13.5. The molecule has 1 unspecified atom stereocenters. The number of aromatic nitrogens is 2. The van der Waals surface area contributed by atoms with E-state index in [4.69, 9.17) is 0 Å². The molecule has 0 saturated heterocycles.